The Labute approximate surface area is 124 Å². The summed E-state index contributed by atoms with van der Waals surface area (Å²) in [5.41, 5.74) is 0.917. The first kappa shape index (κ1) is 15.5. The minimum atomic E-state index is -0.275. The first-order valence-electron chi connectivity index (χ1n) is 7.37. The molecule has 1 atom stereocenters. The van der Waals surface area contributed by atoms with Crippen molar-refractivity contribution < 1.29 is 14.0 Å². The molecule has 1 aliphatic heterocycles. The van der Waals surface area contributed by atoms with E-state index in [4.69, 9.17) is 0 Å². The summed E-state index contributed by atoms with van der Waals surface area (Å²) in [7, 11) is 0. The van der Waals surface area contributed by atoms with Crippen LogP contribution in [-0.4, -0.2) is 29.8 Å². The van der Waals surface area contributed by atoms with Crippen molar-refractivity contribution >= 4 is 11.8 Å². The average molecular weight is 292 g/mol. The highest BCUT2D eigenvalue weighted by atomic mass is 19.1. The zero-order valence-corrected chi connectivity index (χ0v) is 12.3. The minimum Gasteiger partial charge on any atom is -0.356 e. The van der Waals surface area contributed by atoms with Crippen LogP contribution in [0.5, 0.6) is 0 Å². The molecule has 114 valence electrons. The molecular weight excluding hydrogens is 271 g/mol. The Balaban J connectivity index is 1.82. The first-order valence-corrected chi connectivity index (χ1v) is 7.37. The summed E-state index contributed by atoms with van der Waals surface area (Å²) >= 11 is 0. The van der Waals surface area contributed by atoms with Crippen LogP contribution < -0.4 is 5.32 Å². The van der Waals surface area contributed by atoms with Gasteiger partial charge in [-0.2, -0.15) is 0 Å². The fraction of sp³-hybridized carbons (Fsp3) is 0.500. The monoisotopic (exact) mass is 292 g/mol. The molecule has 1 aromatic carbocycles. The smallest absolute Gasteiger partial charge is 0.223 e. The maximum Gasteiger partial charge on any atom is 0.223 e. The van der Waals surface area contributed by atoms with Gasteiger partial charge in [-0.05, 0) is 24.1 Å². The highest BCUT2D eigenvalue weighted by Gasteiger charge is 2.29. The van der Waals surface area contributed by atoms with Gasteiger partial charge in [0.15, 0.2) is 0 Å². The maximum atomic E-state index is 12.9. The van der Waals surface area contributed by atoms with Crippen molar-refractivity contribution in [2.45, 2.75) is 32.7 Å². The fourth-order valence-electron chi connectivity index (χ4n) is 2.53. The third-order valence-electron chi connectivity index (χ3n) is 3.65. The highest BCUT2D eigenvalue weighted by molar-refractivity contribution is 5.79. The lowest BCUT2D eigenvalue weighted by Crippen LogP contribution is -2.30. The van der Waals surface area contributed by atoms with Gasteiger partial charge in [0.05, 0.1) is 0 Å². The number of likely N-dealkylation sites (tertiary alicyclic amines) is 1. The molecule has 5 heteroatoms. The predicted octanol–water partition coefficient (Wildman–Crippen LogP) is 2.09. The number of rotatable bonds is 6. The molecule has 1 N–H and O–H groups in total. The molecule has 1 fully saturated rings. The van der Waals surface area contributed by atoms with Crippen molar-refractivity contribution in [3.05, 3.63) is 35.6 Å². The van der Waals surface area contributed by atoms with Gasteiger partial charge < -0.3 is 10.2 Å². The lowest BCUT2D eigenvalue weighted by atomic mass is 10.1. The second-order valence-corrected chi connectivity index (χ2v) is 5.52. The third kappa shape index (κ3) is 4.55. The molecule has 1 aromatic rings. The SMILES string of the molecule is CCCC(=O)NC[C@@H]1CC(=O)N(Cc2ccc(F)cc2)C1. The van der Waals surface area contributed by atoms with Gasteiger partial charge in [-0.25, -0.2) is 4.39 Å². The normalized spacial score (nSPS) is 18.1. The Hall–Kier alpha value is -1.91. The summed E-state index contributed by atoms with van der Waals surface area (Å²) in [5.74, 6) is 0.0257. The standard InChI is InChI=1S/C16H21FN2O2/c1-2-3-15(20)18-9-13-8-16(21)19(11-13)10-12-4-6-14(17)7-5-12/h4-7,13H,2-3,8-11H2,1H3,(H,18,20)/t13-/m0/s1. The van der Waals surface area contributed by atoms with Gasteiger partial charge in [0.2, 0.25) is 11.8 Å². The van der Waals surface area contributed by atoms with E-state index in [0.29, 0.717) is 32.5 Å². The zero-order chi connectivity index (χ0) is 15.2. The van der Waals surface area contributed by atoms with E-state index in [1.54, 1.807) is 17.0 Å². The molecule has 2 amide bonds. The maximum absolute atomic E-state index is 12.9. The van der Waals surface area contributed by atoms with Gasteiger partial charge in [-0.1, -0.05) is 19.1 Å². The van der Waals surface area contributed by atoms with E-state index in [1.807, 2.05) is 6.92 Å². The van der Waals surface area contributed by atoms with Crippen molar-refractivity contribution in [1.82, 2.24) is 10.2 Å². The van der Waals surface area contributed by atoms with Gasteiger partial charge in [0.25, 0.3) is 0 Å². The summed E-state index contributed by atoms with van der Waals surface area (Å²) < 4.78 is 12.9. The summed E-state index contributed by atoms with van der Waals surface area (Å²) in [4.78, 5) is 25.2. The molecule has 1 aliphatic rings. The van der Waals surface area contributed by atoms with E-state index < -0.39 is 0 Å². The molecule has 4 nitrogen and oxygen atoms in total. The molecule has 0 radical (unpaired) electrons. The number of nitrogens with one attached hydrogen (secondary N) is 1. The van der Waals surface area contributed by atoms with Gasteiger partial charge in [-0.15, -0.1) is 0 Å². The predicted molar refractivity (Wildman–Crippen MR) is 77.8 cm³/mol. The minimum absolute atomic E-state index is 0.0435. The van der Waals surface area contributed by atoms with Crippen LogP contribution in [0.2, 0.25) is 0 Å². The number of benzene rings is 1. The Morgan fingerprint density at radius 1 is 1.38 bits per heavy atom. The number of halogens is 1. The van der Waals surface area contributed by atoms with Crippen molar-refractivity contribution in [2.24, 2.45) is 5.92 Å². The molecule has 1 heterocycles. The molecule has 0 aliphatic carbocycles. The van der Waals surface area contributed by atoms with Crippen molar-refractivity contribution in [2.75, 3.05) is 13.1 Å². The van der Waals surface area contributed by atoms with Crippen molar-refractivity contribution in [3.8, 4) is 0 Å². The van der Waals surface area contributed by atoms with Crippen LogP contribution in [0.1, 0.15) is 31.7 Å². The Bertz CT molecular complexity index is 502. The van der Waals surface area contributed by atoms with Crippen molar-refractivity contribution in [1.29, 1.82) is 0 Å². The van der Waals surface area contributed by atoms with E-state index >= 15 is 0 Å². The van der Waals surface area contributed by atoms with Crippen LogP contribution in [0, 0.1) is 11.7 Å². The fourth-order valence-corrected chi connectivity index (χ4v) is 2.53. The molecule has 1 saturated heterocycles. The van der Waals surface area contributed by atoms with E-state index in [1.165, 1.54) is 12.1 Å². The zero-order valence-electron chi connectivity index (χ0n) is 12.3. The van der Waals surface area contributed by atoms with Crippen LogP contribution in [0.4, 0.5) is 4.39 Å². The van der Waals surface area contributed by atoms with E-state index in [9.17, 15) is 14.0 Å². The van der Waals surface area contributed by atoms with Crippen LogP contribution in [0.3, 0.4) is 0 Å². The number of hydrogen-bond acceptors (Lipinski definition) is 2. The Kier molecular flexibility index (Phi) is 5.31. The van der Waals surface area contributed by atoms with E-state index in [0.717, 1.165) is 12.0 Å². The lowest BCUT2D eigenvalue weighted by Gasteiger charge is -2.17. The van der Waals surface area contributed by atoms with Crippen LogP contribution in [0.25, 0.3) is 0 Å². The number of carbonyl (C=O) groups is 2. The van der Waals surface area contributed by atoms with Gasteiger partial charge in [0.1, 0.15) is 5.82 Å². The molecule has 2 rings (SSSR count). The molecule has 0 unspecified atom stereocenters. The van der Waals surface area contributed by atoms with Crippen molar-refractivity contribution in [3.63, 3.8) is 0 Å². The molecule has 0 spiro atoms. The van der Waals surface area contributed by atoms with E-state index in [2.05, 4.69) is 5.32 Å². The molecule has 0 saturated carbocycles. The molecular formula is C16H21FN2O2. The third-order valence-corrected chi connectivity index (χ3v) is 3.65. The summed E-state index contributed by atoms with van der Waals surface area (Å²) in [6.07, 6.45) is 1.82. The van der Waals surface area contributed by atoms with Gasteiger partial charge in [-0.3, -0.25) is 9.59 Å². The molecule has 21 heavy (non-hydrogen) atoms. The topological polar surface area (TPSA) is 49.4 Å². The van der Waals surface area contributed by atoms with Crippen LogP contribution in [-0.2, 0) is 16.1 Å². The Morgan fingerprint density at radius 2 is 2.10 bits per heavy atom. The average Bonchev–Trinajstić information content (AvgIpc) is 2.80. The number of hydrogen-bond donors (Lipinski definition) is 1. The summed E-state index contributed by atoms with van der Waals surface area (Å²) in [6, 6.07) is 6.19. The second kappa shape index (κ2) is 7.20. The number of nitrogens with zero attached hydrogens (tertiary/aromatic N) is 1. The second-order valence-electron chi connectivity index (χ2n) is 5.52. The largest absolute Gasteiger partial charge is 0.356 e. The van der Waals surface area contributed by atoms with Gasteiger partial charge >= 0.3 is 0 Å². The van der Waals surface area contributed by atoms with Crippen LogP contribution >= 0.6 is 0 Å². The van der Waals surface area contributed by atoms with E-state index in [-0.39, 0.29) is 23.5 Å². The lowest BCUT2D eigenvalue weighted by molar-refractivity contribution is -0.128. The molecule has 0 aromatic heterocycles. The summed E-state index contributed by atoms with van der Waals surface area (Å²) in [6.45, 7) is 3.65. The van der Waals surface area contributed by atoms with Crippen LogP contribution in [0.15, 0.2) is 24.3 Å². The quantitative estimate of drug-likeness (QED) is 0.873. The summed E-state index contributed by atoms with van der Waals surface area (Å²) in [5, 5.41) is 2.87. The number of carbonyl (C=O) groups excluding carboxylic acids is 2. The van der Waals surface area contributed by atoms with Gasteiger partial charge in [0, 0.05) is 38.4 Å². The Morgan fingerprint density at radius 3 is 2.76 bits per heavy atom. The molecule has 0 bridgehead atoms. The highest BCUT2D eigenvalue weighted by Crippen LogP contribution is 2.19. The first-order chi connectivity index (χ1) is 10.1. The number of amides is 2.